The number of halogens is 1. The fourth-order valence-corrected chi connectivity index (χ4v) is 1.16. The molecule has 0 aliphatic rings. The first-order chi connectivity index (χ1) is 6.65. The molecule has 3 heteroatoms. The number of hydrogen-bond acceptors (Lipinski definition) is 2. The summed E-state index contributed by atoms with van der Waals surface area (Å²) in [5.74, 6) is -0.626. The molecule has 0 fully saturated rings. The van der Waals surface area contributed by atoms with E-state index in [-0.39, 0.29) is 12.4 Å². The predicted octanol–water partition coefficient (Wildman–Crippen LogP) is 2.03. The van der Waals surface area contributed by atoms with Crippen molar-refractivity contribution in [2.75, 3.05) is 6.61 Å². The normalized spacial score (nSPS) is 10.8. The van der Waals surface area contributed by atoms with Gasteiger partial charge in [-0.05, 0) is 24.6 Å². The third kappa shape index (κ3) is 2.50. The summed E-state index contributed by atoms with van der Waals surface area (Å²) in [7, 11) is 0. The van der Waals surface area contributed by atoms with Crippen molar-refractivity contribution in [2.45, 2.75) is 6.92 Å². The zero-order chi connectivity index (χ0) is 10.6. The molecule has 0 heterocycles. The Hall–Kier alpha value is -1.48. The van der Waals surface area contributed by atoms with E-state index in [1.54, 1.807) is 6.08 Å². The third-order valence-corrected chi connectivity index (χ3v) is 1.80. The Morgan fingerprint density at radius 1 is 1.57 bits per heavy atom. The van der Waals surface area contributed by atoms with E-state index >= 15 is 0 Å². The molecule has 1 N–H and O–H groups in total. The second kappa shape index (κ2) is 4.67. The summed E-state index contributed by atoms with van der Waals surface area (Å²) < 4.78 is 12.8. The molecule has 1 rings (SSSR count). The lowest BCUT2D eigenvalue weighted by Gasteiger charge is -2.01. The maximum atomic E-state index is 12.8. The van der Waals surface area contributed by atoms with E-state index in [9.17, 15) is 9.18 Å². The molecule has 1 aromatic carbocycles. The minimum atomic E-state index is -0.434. The van der Waals surface area contributed by atoms with E-state index in [0.29, 0.717) is 11.1 Å². The number of aliphatic hydroxyl groups is 1. The van der Waals surface area contributed by atoms with E-state index in [0.717, 1.165) is 0 Å². The van der Waals surface area contributed by atoms with Gasteiger partial charge in [0.15, 0.2) is 5.78 Å². The Bertz CT molecular complexity index is 370. The van der Waals surface area contributed by atoms with Crippen LogP contribution in [0, 0.1) is 5.82 Å². The highest BCUT2D eigenvalue weighted by Gasteiger charge is 2.05. The second-order valence-corrected chi connectivity index (χ2v) is 2.87. The minimum Gasteiger partial charge on any atom is -0.392 e. The molecule has 0 atom stereocenters. The highest BCUT2D eigenvalue weighted by atomic mass is 19.1. The number of rotatable bonds is 3. The molecular weight excluding hydrogens is 183 g/mol. The number of aliphatic hydroxyl groups excluding tert-OH is 1. The smallest absolute Gasteiger partial charge is 0.160 e. The van der Waals surface area contributed by atoms with Crippen LogP contribution in [0.3, 0.4) is 0 Å². The van der Waals surface area contributed by atoms with Gasteiger partial charge >= 0.3 is 0 Å². The topological polar surface area (TPSA) is 37.3 Å². The molecule has 0 saturated heterocycles. The molecule has 0 unspecified atom stereocenters. The molecule has 0 saturated carbocycles. The lowest BCUT2D eigenvalue weighted by Crippen LogP contribution is -1.96. The molecule has 0 aliphatic carbocycles. The average molecular weight is 194 g/mol. The van der Waals surface area contributed by atoms with Gasteiger partial charge in [-0.1, -0.05) is 18.2 Å². The first-order valence-corrected chi connectivity index (χ1v) is 4.23. The lowest BCUT2D eigenvalue weighted by atomic mass is 10.0. The monoisotopic (exact) mass is 194 g/mol. The van der Waals surface area contributed by atoms with E-state index in [4.69, 9.17) is 5.11 Å². The van der Waals surface area contributed by atoms with Gasteiger partial charge in [0.05, 0.1) is 6.61 Å². The lowest BCUT2D eigenvalue weighted by molar-refractivity contribution is 0.101. The van der Waals surface area contributed by atoms with Crippen LogP contribution in [-0.2, 0) is 0 Å². The molecule has 0 amide bonds. The predicted molar refractivity (Wildman–Crippen MR) is 52.5 cm³/mol. The van der Waals surface area contributed by atoms with Crippen molar-refractivity contribution < 1.29 is 14.3 Å². The minimum absolute atomic E-state index is 0.102. The van der Waals surface area contributed by atoms with Gasteiger partial charge in [0.25, 0.3) is 0 Å². The summed E-state index contributed by atoms with van der Waals surface area (Å²) in [6.07, 6.45) is 3.09. The number of hydrogen-bond donors (Lipinski definition) is 1. The van der Waals surface area contributed by atoms with Crippen molar-refractivity contribution >= 4 is 11.9 Å². The molecule has 0 aliphatic heterocycles. The maximum Gasteiger partial charge on any atom is 0.160 e. The van der Waals surface area contributed by atoms with Gasteiger partial charge in [0, 0.05) is 5.56 Å². The second-order valence-electron chi connectivity index (χ2n) is 2.87. The zero-order valence-corrected chi connectivity index (χ0v) is 7.83. The fraction of sp³-hybridized carbons (Fsp3) is 0.182. The molecule has 0 aromatic heterocycles. The summed E-state index contributed by atoms with van der Waals surface area (Å²) in [6.45, 7) is 1.28. The largest absolute Gasteiger partial charge is 0.392 e. The summed E-state index contributed by atoms with van der Waals surface area (Å²) in [5.41, 5.74) is 0.947. The van der Waals surface area contributed by atoms with Gasteiger partial charge < -0.3 is 5.11 Å². The van der Waals surface area contributed by atoms with Crippen LogP contribution in [0.4, 0.5) is 4.39 Å². The number of Topliss-reactive ketones (excluding diaryl/α,β-unsaturated/α-hetero) is 1. The van der Waals surface area contributed by atoms with Crippen molar-refractivity contribution in [3.8, 4) is 0 Å². The van der Waals surface area contributed by atoms with Crippen LogP contribution >= 0.6 is 0 Å². The Balaban J connectivity index is 3.15. The van der Waals surface area contributed by atoms with Crippen LogP contribution in [0.25, 0.3) is 6.08 Å². The van der Waals surface area contributed by atoms with Gasteiger partial charge in [-0.15, -0.1) is 0 Å². The van der Waals surface area contributed by atoms with Crippen molar-refractivity contribution in [1.29, 1.82) is 0 Å². The standard InChI is InChI=1S/C11H11FO2/c1-8(14)11-7-10(12)5-4-9(11)3-2-6-13/h2-5,7,13H,6H2,1H3. The zero-order valence-electron chi connectivity index (χ0n) is 7.83. The van der Waals surface area contributed by atoms with E-state index in [2.05, 4.69) is 0 Å². The number of benzene rings is 1. The van der Waals surface area contributed by atoms with Crippen molar-refractivity contribution in [3.63, 3.8) is 0 Å². The van der Waals surface area contributed by atoms with Crippen LogP contribution in [0.2, 0.25) is 0 Å². The first-order valence-electron chi connectivity index (χ1n) is 4.23. The molecule has 2 nitrogen and oxygen atoms in total. The molecular formula is C11H11FO2. The molecule has 74 valence electrons. The van der Waals surface area contributed by atoms with Crippen molar-refractivity contribution in [3.05, 3.63) is 41.2 Å². The van der Waals surface area contributed by atoms with E-state index in [1.807, 2.05) is 0 Å². The SMILES string of the molecule is CC(=O)c1cc(F)ccc1C=CCO. The molecule has 0 bridgehead atoms. The quantitative estimate of drug-likeness (QED) is 0.747. The van der Waals surface area contributed by atoms with Gasteiger partial charge in [-0.25, -0.2) is 4.39 Å². The molecule has 0 spiro atoms. The van der Waals surface area contributed by atoms with Gasteiger partial charge in [-0.2, -0.15) is 0 Å². The highest BCUT2D eigenvalue weighted by molar-refractivity contribution is 5.97. The number of ketones is 1. The van der Waals surface area contributed by atoms with Gasteiger partial charge in [-0.3, -0.25) is 4.79 Å². The van der Waals surface area contributed by atoms with Crippen LogP contribution in [0.15, 0.2) is 24.3 Å². The number of carbonyl (C=O) groups is 1. The Kier molecular flexibility index (Phi) is 3.54. The van der Waals surface area contributed by atoms with Crippen LogP contribution in [0.5, 0.6) is 0 Å². The first kappa shape index (κ1) is 10.6. The highest BCUT2D eigenvalue weighted by Crippen LogP contribution is 2.13. The fourth-order valence-electron chi connectivity index (χ4n) is 1.16. The Labute approximate surface area is 81.7 Å². The summed E-state index contributed by atoms with van der Waals surface area (Å²) >= 11 is 0. The molecule has 0 radical (unpaired) electrons. The summed E-state index contributed by atoms with van der Waals surface area (Å²) in [6, 6.07) is 3.99. The van der Waals surface area contributed by atoms with Crippen molar-refractivity contribution in [1.82, 2.24) is 0 Å². The maximum absolute atomic E-state index is 12.8. The van der Waals surface area contributed by atoms with Crippen LogP contribution in [0.1, 0.15) is 22.8 Å². The Morgan fingerprint density at radius 3 is 2.86 bits per heavy atom. The third-order valence-electron chi connectivity index (χ3n) is 1.80. The average Bonchev–Trinajstić information content (AvgIpc) is 2.15. The van der Waals surface area contributed by atoms with Gasteiger partial charge in [0.1, 0.15) is 5.82 Å². The van der Waals surface area contributed by atoms with E-state index < -0.39 is 5.82 Å². The summed E-state index contributed by atoms with van der Waals surface area (Å²) in [5, 5.41) is 8.57. The Morgan fingerprint density at radius 2 is 2.29 bits per heavy atom. The summed E-state index contributed by atoms with van der Waals surface area (Å²) in [4.78, 5) is 11.1. The molecule has 14 heavy (non-hydrogen) atoms. The van der Waals surface area contributed by atoms with Crippen molar-refractivity contribution in [2.24, 2.45) is 0 Å². The van der Waals surface area contributed by atoms with Gasteiger partial charge in [0.2, 0.25) is 0 Å². The number of carbonyl (C=O) groups excluding carboxylic acids is 1. The van der Waals surface area contributed by atoms with Crippen LogP contribution < -0.4 is 0 Å². The van der Waals surface area contributed by atoms with Crippen LogP contribution in [-0.4, -0.2) is 17.5 Å². The van der Waals surface area contributed by atoms with E-state index in [1.165, 1.54) is 31.2 Å². The molecule has 1 aromatic rings.